The molecule has 0 spiro atoms. The second-order valence-electron chi connectivity index (χ2n) is 3.73. The number of carbonyl (C=O) groups is 2. The Hall–Kier alpha value is -1.50. The summed E-state index contributed by atoms with van der Waals surface area (Å²) in [7, 11) is 0. The van der Waals surface area contributed by atoms with Gasteiger partial charge in [0.2, 0.25) is 11.8 Å². The first-order valence-corrected chi connectivity index (χ1v) is 7.39. The Morgan fingerprint density at radius 3 is 2.79 bits per heavy atom. The zero-order valence-corrected chi connectivity index (χ0v) is 12.2. The maximum atomic E-state index is 11.7. The molecule has 6 nitrogen and oxygen atoms in total. The molecule has 106 valence electrons. The maximum absolute atomic E-state index is 11.7. The van der Waals surface area contributed by atoms with E-state index in [1.807, 2.05) is 6.26 Å². The van der Waals surface area contributed by atoms with E-state index in [2.05, 4.69) is 5.10 Å². The van der Waals surface area contributed by atoms with Gasteiger partial charge in [-0.15, -0.1) is 5.10 Å². The molecule has 0 amide bonds. The molecule has 1 aromatic rings. The van der Waals surface area contributed by atoms with Gasteiger partial charge in [-0.2, -0.15) is 11.8 Å². The molecular weight excluding hydrogens is 268 g/mol. The number of hydrogen-bond donors (Lipinski definition) is 0. The lowest BCUT2D eigenvalue weighted by Crippen LogP contribution is -2.07. The van der Waals surface area contributed by atoms with Crippen molar-refractivity contribution in [2.45, 2.75) is 20.3 Å². The summed E-state index contributed by atoms with van der Waals surface area (Å²) in [6.45, 7) is 3.78. The number of ether oxygens (including phenoxy) is 2. The number of rotatable bonds is 7. The SMILES string of the molecule is CCOC(=O)c1cn(C(C)=O)nc1OCCCSC. The quantitative estimate of drug-likeness (QED) is 0.563. The number of carbonyl (C=O) groups excluding carboxylic acids is 2. The Bertz CT molecular complexity index is 445. The van der Waals surface area contributed by atoms with Crippen molar-refractivity contribution < 1.29 is 19.1 Å². The standard InChI is InChI=1S/C12H18N2O4S/c1-4-17-12(16)10-8-14(9(2)15)13-11(10)18-6-5-7-19-3/h8H,4-7H2,1-3H3. The fourth-order valence-corrected chi connectivity index (χ4v) is 1.75. The molecule has 0 saturated carbocycles. The smallest absolute Gasteiger partial charge is 0.345 e. The monoisotopic (exact) mass is 286 g/mol. The van der Waals surface area contributed by atoms with E-state index in [1.165, 1.54) is 13.1 Å². The van der Waals surface area contributed by atoms with Crippen LogP contribution in [-0.4, -0.2) is 46.9 Å². The van der Waals surface area contributed by atoms with Crippen LogP contribution in [0.5, 0.6) is 5.88 Å². The van der Waals surface area contributed by atoms with Crippen LogP contribution in [-0.2, 0) is 4.74 Å². The predicted molar refractivity (Wildman–Crippen MR) is 73.0 cm³/mol. The highest BCUT2D eigenvalue weighted by atomic mass is 32.2. The number of hydrogen-bond acceptors (Lipinski definition) is 6. The first-order chi connectivity index (χ1) is 9.10. The fourth-order valence-electron chi connectivity index (χ4n) is 1.35. The average molecular weight is 286 g/mol. The van der Waals surface area contributed by atoms with E-state index in [0.717, 1.165) is 16.9 Å². The molecule has 7 heteroatoms. The van der Waals surface area contributed by atoms with Crippen LogP contribution in [0.25, 0.3) is 0 Å². The number of thioether (sulfide) groups is 1. The minimum Gasteiger partial charge on any atom is -0.476 e. The normalized spacial score (nSPS) is 10.3. The Morgan fingerprint density at radius 1 is 1.47 bits per heavy atom. The molecule has 1 aromatic heterocycles. The van der Waals surface area contributed by atoms with Crippen LogP contribution in [0, 0.1) is 0 Å². The number of esters is 1. The second-order valence-corrected chi connectivity index (χ2v) is 4.71. The molecule has 0 unspecified atom stereocenters. The van der Waals surface area contributed by atoms with Gasteiger partial charge in [0.05, 0.1) is 19.4 Å². The number of nitrogens with zero attached hydrogens (tertiary/aromatic N) is 2. The molecule has 0 radical (unpaired) electrons. The van der Waals surface area contributed by atoms with Crippen molar-refractivity contribution in [1.82, 2.24) is 9.78 Å². The zero-order valence-electron chi connectivity index (χ0n) is 11.3. The Morgan fingerprint density at radius 2 is 2.21 bits per heavy atom. The van der Waals surface area contributed by atoms with E-state index in [-0.39, 0.29) is 24.0 Å². The zero-order chi connectivity index (χ0) is 14.3. The molecular formula is C12H18N2O4S. The van der Waals surface area contributed by atoms with Crippen molar-refractivity contribution in [1.29, 1.82) is 0 Å². The molecule has 0 N–H and O–H groups in total. The molecule has 0 bridgehead atoms. The second kappa shape index (κ2) is 7.83. The first kappa shape index (κ1) is 15.6. The van der Waals surface area contributed by atoms with E-state index in [0.29, 0.717) is 6.61 Å². The van der Waals surface area contributed by atoms with Gasteiger partial charge in [0, 0.05) is 6.92 Å². The van der Waals surface area contributed by atoms with Crippen LogP contribution in [0.2, 0.25) is 0 Å². The van der Waals surface area contributed by atoms with Crippen molar-refractivity contribution in [3.8, 4) is 5.88 Å². The molecule has 0 atom stereocenters. The van der Waals surface area contributed by atoms with Gasteiger partial charge in [0.1, 0.15) is 5.56 Å². The minimum atomic E-state index is -0.533. The van der Waals surface area contributed by atoms with Gasteiger partial charge in [-0.25, -0.2) is 9.48 Å². The van der Waals surface area contributed by atoms with Gasteiger partial charge in [-0.05, 0) is 25.4 Å². The summed E-state index contributed by atoms with van der Waals surface area (Å²) in [5, 5.41) is 3.95. The van der Waals surface area contributed by atoms with Gasteiger partial charge in [0.25, 0.3) is 0 Å². The van der Waals surface area contributed by atoms with Crippen molar-refractivity contribution in [2.24, 2.45) is 0 Å². The van der Waals surface area contributed by atoms with Gasteiger partial charge < -0.3 is 9.47 Å². The van der Waals surface area contributed by atoms with Crippen LogP contribution in [0.1, 0.15) is 35.4 Å². The molecule has 0 fully saturated rings. The van der Waals surface area contributed by atoms with Crippen LogP contribution in [0.3, 0.4) is 0 Å². The lowest BCUT2D eigenvalue weighted by Gasteiger charge is -2.04. The fraction of sp³-hybridized carbons (Fsp3) is 0.583. The van der Waals surface area contributed by atoms with Gasteiger partial charge in [-0.3, -0.25) is 4.79 Å². The summed E-state index contributed by atoms with van der Waals surface area (Å²) < 4.78 is 11.4. The highest BCUT2D eigenvalue weighted by Gasteiger charge is 2.20. The van der Waals surface area contributed by atoms with Gasteiger partial charge in [0.15, 0.2) is 0 Å². The predicted octanol–water partition coefficient (Wildman–Crippen LogP) is 1.85. The van der Waals surface area contributed by atoms with Gasteiger partial charge in [-0.1, -0.05) is 0 Å². The third-order valence-corrected chi connectivity index (χ3v) is 2.93. The summed E-state index contributed by atoms with van der Waals surface area (Å²) in [5.41, 5.74) is 0.182. The lowest BCUT2D eigenvalue weighted by molar-refractivity contribution is 0.0521. The minimum absolute atomic E-state index is 0.148. The Kier molecular flexibility index (Phi) is 6.41. The van der Waals surface area contributed by atoms with Crippen LogP contribution >= 0.6 is 11.8 Å². The Labute approximate surface area is 116 Å². The van der Waals surface area contributed by atoms with Crippen LogP contribution in [0.15, 0.2) is 6.20 Å². The Balaban J connectivity index is 2.80. The van der Waals surface area contributed by atoms with E-state index in [9.17, 15) is 9.59 Å². The molecule has 0 aromatic carbocycles. The summed E-state index contributed by atoms with van der Waals surface area (Å²) in [4.78, 5) is 23.0. The van der Waals surface area contributed by atoms with E-state index in [4.69, 9.17) is 9.47 Å². The molecule has 0 aliphatic heterocycles. The average Bonchev–Trinajstić information content (AvgIpc) is 2.79. The molecule has 0 aliphatic rings. The topological polar surface area (TPSA) is 70.4 Å². The van der Waals surface area contributed by atoms with Crippen LogP contribution < -0.4 is 4.74 Å². The van der Waals surface area contributed by atoms with Gasteiger partial charge >= 0.3 is 5.97 Å². The summed E-state index contributed by atoms with van der Waals surface area (Å²) >= 11 is 1.71. The van der Waals surface area contributed by atoms with E-state index < -0.39 is 5.97 Å². The largest absolute Gasteiger partial charge is 0.476 e. The highest BCUT2D eigenvalue weighted by molar-refractivity contribution is 7.98. The number of aromatic nitrogens is 2. The maximum Gasteiger partial charge on any atom is 0.345 e. The molecule has 19 heavy (non-hydrogen) atoms. The van der Waals surface area contributed by atoms with Crippen molar-refractivity contribution in [3.63, 3.8) is 0 Å². The van der Waals surface area contributed by atoms with Crippen molar-refractivity contribution >= 4 is 23.6 Å². The summed E-state index contributed by atoms with van der Waals surface area (Å²) in [5.74, 6) is 0.288. The van der Waals surface area contributed by atoms with E-state index >= 15 is 0 Å². The summed E-state index contributed by atoms with van der Waals surface area (Å²) in [6.07, 6.45) is 4.19. The molecule has 1 heterocycles. The summed E-state index contributed by atoms with van der Waals surface area (Å²) in [6, 6.07) is 0. The molecule has 0 saturated heterocycles. The van der Waals surface area contributed by atoms with Crippen LogP contribution in [0.4, 0.5) is 0 Å². The van der Waals surface area contributed by atoms with Crippen molar-refractivity contribution in [3.05, 3.63) is 11.8 Å². The van der Waals surface area contributed by atoms with Crippen molar-refractivity contribution in [2.75, 3.05) is 25.2 Å². The third kappa shape index (κ3) is 4.59. The first-order valence-electron chi connectivity index (χ1n) is 5.99. The molecule has 1 rings (SSSR count). The van der Waals surface area contributed by atoms with E-state index in [1.54, 1.807) is 18.7 Å². The highest BCUT2D eigenvalue weighted by Crippen LogP contribution is 2.17. The third-order valence-electron chi connectivity index (χ3n) is 2.23. The molecule has 0 aliphatic carbocycles. The lowest BCUT2D eigenvalue weighted by atomic mass is 10.3.